The van der Waals surface area contributed by atoms with Crippen LogP contribution in [0, 0.1) is 0 Å². The number of benzene rings is 8. The lowest BCUT2D eigenvalue weighted by Crippen LogP contribution is -2.28. The molecule has 280 valence electrons. The molecule has 0 amide bonds. The second-order valence-corrected chi connectivity index (χ2v) is 17.0. The number of aromatic nitrogens is 1. The van der Waals surface area contributed by atoms with E-state index >= 15 is 0 Å². The Kier molecular flexibility index (Phi) is 7.86. The quantitative estimate of drug-likeness (QED) is 0.178. The molecule has 0 atom stereocenters. The van der Waals surface area contributed by atoms with Crippen LogP contribution in [0.4, 0.5) is 17.1 Å². The fourth-order valence-corrected chi connectivity index (χ4v) is 11.2. The average Bonchev–Trinajstić information content (AvgIpc) is 3.86. The van der Waals surface area contributed by atoms with E-state index in [0.717, 1.165) is 29.9 Å². The van der Waals surface area contributed by atoms with Crippen LogP contribution in [0.15, 0.2) is 200 Å². The zero-order chi connectivity index (χ0) is 38.9. The van der Waals surface area contributed by atoms with Gasteiger partial charge in [-0.3, -0.25) is 0 Å². The third kappa shape index (κ3) is 5.25. The highest BCUT2D eigenvalue weighted by atomic mass is 32.1. The standard InChI is InChI=1S/C56H40N2S/c1-2-6-16-37(15-5-1)38-25-27-41(28-26-38)58(42-30-33-52-47(35-42)55-53(59-52)34-32-51-54(55)46-22-12-14-24-50(46)57-51)43-29-31-45-44-21-11-13-23-48(44)56(49(45)36-43,39-17-7-3-8-18-39)40-19-9-4-10-20-40/h3-5,7-36,57H,1-2,6H2. The van der Waals surface area contributed by atoms with Gasteiger partial charge in [0.15, 0.2) is 0 Å². The Bertz CT molecular complexity index is 3250. The lowest BCUT2D eigenvalue weighted by molar-refractivity contribution is 0.768. The number of rotatable bonds is 6. The highest BCUT2D eigenvalue weighted by Gasteiger charge is 2.46. The van der Waals surface area contributed by atoms with Crippen molar-refractivity contribution in [1.82, 2.24) is 4.98 Å². The first kappa shape index (κ1) is 34.1. The van der Waals surface area contributed by atoms with Crippen molar-refractivity contribution >= 4 is 76.0 Å². The van der Waals surface area contributed by atoms with E-state index in [4.69, 9.17) is 0 Å². The molecule has 2 aliphatic carbocycles. The van der Waals surface area contributed by atoms with Crippen LogP contribution >= 0.6 is 11.3 Å². The number of anilines is 3. The smallest absolute Gasteiger partial charge is 0.0714 e. The summed E-state index contributed by atoms with van der Waals surface area (Å²) in [5.41, 5.74) is 15.5. The maximum Gasteiger partial charge on any atom is 0.0714 e. The number of allylic oxidation sites excluding steroid dienone is 4. The van der Waals surface area contributed by atoms with Gasteiger partial charge in [0.05, 0.1) is 5.41 Å². The van der Waals surface area contributed by atoms with Crippen molar-refractivity contribution in [3.63, 3.8) is 0 Å². The van der Waals surface area contributed by atoms with E-state index in [-0.39, 0.29) is 0 Å². The van der Waals surface area contributed by atoms with Crippen LogP contribution in [-0.4, -0.2) is 4.98 Å². The molecular weight excluding hydrogens is 733 g/mol. The third-order valence-electron chi connectivity index (χ3n) is 12.7. The van der Waals surface area contributed by atoms with Crippen molar-refractivity contribution in [1.29, 1.82) is 0 Å². The van der Waals surface area contributed by atoms with Gasteiger partial charge in [0, 0.05) is 59.0 Å². The van der Waals surface area contributed by atoms with Crippen molar-refractivity contribution in [2.75, 3.05) is 4.90 Å². The Morgan fingerprint density at radius 3 is 2.00 bits per heavy atom. The first-order valence-electron chi connectivity index (χ1n) is 20.7. The maximum atomic E-state index is 3.70. The van der Waals surface area contributed by atoms with Crippen LogP contribution in [0.3, 0.4) is 0 Å². The summed E-state index contributed by atoms with van der Waals surface area (Å²) < 4.78 is 2.60. The molecule has 0 saturated heterocycles. The van der Waals surface area contributed by atoms with Crippen LogP contribution in [0.5, 0.6) is 0 Å². The largest absolute Gasteiger partial charge is 0.354 e. The Balaban J connectivity index is 1.11. The molecule has 0 fully saturated rings. The van der Waals surface area contributed by atoms with Gasteiger partial charge in [-0.1, -0.05) is 140 Å². The second-order valence-electron chi connectivity index (χ2n) is 15.9. The second kappa shape index (κ2) is 13.6. The molecule has 59 heavy (non-hydrogen) atoms. The molecule has 12 rings (SSSR count). The molecule has 2 heterocycles. The highest BCUT2D eigenvalue weighted by molar-refractivity contribution is 7.26. The molecule has 0 aliphatic heterocycles. The van der Waals surface area contributed by atoms with Crippen LogP contribution in [0.25, 0.3) is 58.7 Å². The molecule has 0 unspecified atom stereocenters. The van der Waals surface area contributed by atoms with Gasteiger partial charge in [-0.25, -0.2) is 0 Å². The topological polar surface area (TPSA) is 19.0 Å². The molecule has 8 aromatic carbocycles. The minimum absolute atomic E-state index is 0.493. The van der Waals surface area contributed by atoms with Crippen molar-refractivity contribution in [2.45, 2.75) is 24.7 Å². The van der Waals surface area contributed by atoms with Gasteiger partial charge in [0.25, 0.3) is 0 Å². The molecule has 0 radical (unpaired) electrons. The van der Waals surface area contributed by atoms with Gasteiger partial charge in [-0.15, -0.1) is 11.3 Å². The normalized spacial score (nSPS) is 14.4. The summed E-state index contributed by atoms with van der Waals surface area (Å²) in [5.74, 6) is 0. The zero-order valence-corrected chi connectivity index (χ0v) is 33.3. The van der Waals surface area contributed by atoms with Crippen molar-refractivity contribution in [2.24, 2.45) is 0 Å². The number of hydrogen-bond donors (Lipinski definition) is 1. The summed E-state index contributed by atoms with van der Waals surface area (Å²) in [5, 5.41) is 5.17. The molecule has 0 spiro atoms. The Labute approximate surface area is 348 Å². The molecule has 2 aromatic heterocycles. The maximum absolute atomic E-state index is 3.70. The first-order chi connectivity index (χ1) is 29.3. The molecule has 0 bridgehead atoms. The molecule has 1 N–H and O–H groups in total. The van der Waals surface area contributed by atoms with Gasteiger partial charge < -0.3 is 9.88 Å². The fraction of sp³-hybridized carbons (Fsp3) is 0.0714. The number of hydrogen-bond acceptors (Lipinski definition) is 2. The summed E-state index contributed by atoms with van der Waals surface area (Å²) >= 11 is 1.88. The summed E-state index contributed by atoms with van der Waals surface area (Å²) in [6, 6.07) is 68.0. The average molecular weight is 773 g/mol. The highest BCUT2D eigenvalue weighted by Crippen LogP contribution is 2.57. The summed E-state index contributed by atoms with van der Waals surface area (Å²) in [7, 11) is 0. The van der Waals surface area contributed by atoms with Gasteiger partial charge in [0.2, 0.25) is 0 Å². The minimum Gasteiger partial charge on any atom is -0.354 e. The molecule has 2 nitrogen and oxygen atoms in total. The van der Waals surface area contributed by atoms with Gasteiger partial charge in [0.1, 0.15) is 0 Å². The number of aromatic amines is 1. The number of thiophene rings is 1. The SMILES string of the molecule is C1=CC(c2ccc(N(c3ccc4c(c3)C(c3ccccc3)(c3ccccc3)c3ccccc3-4)c3ccc4sc5ccc6[nH]c7ccccc7c6c5c4c3)cc2)=CCCC1. The number of nitrogens with zero attached hydrogens (tertiary/aromatic N) is 1. The van der Waals surface area contributed by atoms with Crippen molar-refractivity contribution in [3.8, 4) is 11.1 Å². The monoisotopic (exact) mass is 772 g/mol. The van der Waals surface area contributed by atoms with E-state index in [1.807, 2.05) is 11.3 Å². The first-order valence-corrected chi connectivity index (χ1v) is 21.6. The minimum atomic E-state index is -0.493. The van der Waals surface area contributed by atoms with E-state index in [2.05, 4.69) is 210 Å². The predicted molar refractivity (Wildman–Crippen MR) is 252 cm³/mol. The molecule has 0 saturated carbocycles. The Morgan fingerprint density at radius 2 is 1.17 bits per heavy atom. The van der Waals surface area contributed by atoms with Crippen LogP contribution < -0.4 is 4.90 Å². The summed E-state index contributed by atoms with van der Waals surface area (Å²) in [4.78, 5) is 6.18. The molecule has 10 aromatic rings. The van der Waals surface area contributed by atoms with Crippen LogP contribution in [-0.2, 0) is 5.41 Å². The van der Waals surface area contributed by atoms with E-state index in [0.29, 0.717) is 0 Å². The van der Waals surface area contributed by atoms with Crippen LogP contribution in [0.2, 0.25) is 0 Å². The number of H-pyrrole nitrogens is 1. The molecule has 2 aliphatic rings. The Hall–Kier alpha value is -6.94. The Morgan fingerprint density at radius 1 is 0.492 bits per heavy atom. The zero-order valence-electron chi connectivity index (χ0n) is 32.5. The van der Waals surface area contributed by atoms with Gasteiger partial charge in [-0.2, -0.15) is 0 Å². The van der Waals surface area contributed by atoms with Gasteiger partial charge in [-0.05, 0) is 124 Å². The summed E-state index contributed by atoms with van der Waals surface area (Å²) in [6.45, 7) is 0. The van der Waals surface area contributed by atoms with Crippen LogP contribution in [0.1, 0.15) is 47.1 Å². The number of fused-ring (bicyclic) bond motifs is 10. The third-order valence-corrected chi connectivity index (χ3v) is 13.9. The van der Waals surface area contributed by atoms with E-state index in [1.54, 1.807) is 0 Å². The van der Waals surface area contributed by atoms with E-state index in [9.17, 15) is 0 Å². The van der Waals surface area contributed by atoms with E-state index in [1.165, 1.54) is 92.9 Å². The van der Waals surface area contributed by atoms with Gasteiger partial charge >= 0.3 is 0 Å². The van der Waals surface area contributed by atoms with Crippen molar-refractivity contribution in [3.05, 3.63) is 228 Å². The predicted octanol–water partition coefficient (Wildman–Crippen LogP) is 15.6. The fourth-order valence-electron chi connectivity index (χ4n) is 10.1. The summed E-state index contributed by atoms with van der Waals surface area (Å²) in [6.07, 6.45) is 10.4. The number of para-hydroxylation sites is 1. The number of nitrogens with one attached hydrogen (secondary N) is 1. The van der Waals surface area contributed by atoms with Crippen molar-refractivity contribution < 1.29 is 0 Å². The molecular formula is C56H40N2S. The van der Waals surface area contributed by atoms with E-state index < -0.39 is 5.41 Å². The molecule has 3 heteroatoms. The lowest BCUT2D eigenvalue weighted by atomic mass is 9.67. The lowest BCUT2D eigenvalue weighted by Gasteiger charge is -2.35.